The summed E-state index contributed by atoms with van der Waals surface area (Å²) in [4.78, 5) is 23.8. The van der Waals surface area contributed by atoms with Crippen LogP contribution in [0.3, 0.4) is 0 Å². The third kappa shape index (κ3) is 6.17. The highest BCUT2D eigenvalue weighted by atomic mass is 35.5. The van der Waals surface area contributed by atoms with E-state index < -0.39 is 5.54 Å². The number of rotatable bonds is 6. The van der Waals surface area contributed by atoms with Gasteiger partial charge in [0, 0.05) is 32.7 Å². The molecule has 23 heavy (non-hydrogen) atoms. The first-order valence-corrected chi connectivity index (χ1v) is 7.56. The molecule has 2 rings (SSSR count). The van der Waals surface area contributed by atoms with E-state index in [-0.39, 0.29) is 30.6 Å². The molecule has 0 spiro atoms. The maximum atomic E-state index is 12.1. The van der Waals surface area contributed by atoms with Crippen molar-refractivity contribution in [2.45, 2.75) is 31.3 Å². The quantitative estimate of drug-likeness (QED) is 0.711. The molecule has 1 fully saturated rings. The fourth-order valence-electron chi connectivity index (χ4n) is 2.31. The number of nitrogens with one attached hydrogen (secondary N) is 2. The van der Waals surface area contributed by atoms with Crippen molar-refractivity contribution < 1.29 is 14.3 Å². The Morgan fingerprint density at radius 2 is 1.78 bits per heavy atom. The minimum Gasteiger partial charge on any atom is -0.381 e. The number of halogens is 1. The average Bonchev–Trinajstić information content (AvgIpc) is 2.54. The standard InChI is InChI=1S/C16H23N3O3.ClH/c17-16(7-10-22-11-8-16)15(21)18-9-6-14(20)19-12-13-4-2-1-3-5-13;/h1-5H,6-12,17H2,(H,18,21)(H,19,20);1H. The Morgan fingerprint density at radius 1 is 1.13 bits per heavy atom. The Balaban J connectivity index is 0.00000264. The lowest BCUT2D eigenvalue weighted by Gasteiger charge is -2.31. The van der Waals surface area contributed by atoms with E-state index in [1.165, 1.54) is 0 Å². The number of benzene rings is 1. The second-order valence-corrected chi connectivity index (χ2v) is 5.54. The highest BCUT2D eigenvalue weighted by molar-refractivity contribution is 5.86. The maximum absolute atomic E-state index is 12.1. The number of hydrogen-bond donors (Lipinski definition) is 3. The number of carbonyl (C=O) groups is 2. The van der Waals surface area contributed by atoms with Crippen LogP contribution in [0.15, 0.2) is 30.3 Å². The molecule has 1 aromatic rings. The zero-order chi connectivity index (χ0) is 15.8. The van der Waals surface area contributed by atoms with Gasteiger partial charge in [-0.15, -0.1) is 12.4 Å². The van der Waals surface area contributed by atoms with Gasteiger partial charge in [0.15, 0.2) is 0 Å². The Kier molecular flexibility index (Phi) is 8.02. The average molecular weight is 342 g/mol. The van der Waals surface area contributed by atoms with Gasteiger partial charge in [0.05, 0.1) is 5.54 Å². The molecule has 0 unspecified atom stereocenters. The van der Waals surface area contributed by atoms with Gasteiger partial charge < -0.3 is 21.1 Å². The molecule has 7 heteroatoms. The minimum absolute atomic E-state index is 0. The summed E-state index contributed by atoms with van der Waals surface area (Å²) in [5.74, 6) is -0.297. The van der Waals surface area contributed by atoms with E-state index >= 15 is 0 Å². The molecular formula is C16H24ClN3O3. The topological polar surface area (TPSA) is 93.5 Å². The molecule has 2 amide bonds. The highest BCUT2D eigenvalue weighted by Crippen LogP contribution is 2.17. The number of hydrogen-bond acceptors (Lipinski definition) is 4. The van der Waals surface area contributed by atoms with Crippen molar-refractivity contribution >= 4 is 24.2 Å². The molecule has 128 valence electrons. The van der Waals surface area contributed by atoms with Gasteiger partial charge in [-0.05, 0) is 18.4 Å². The van der Waals surface area contributed by atoms with E-state index in [1.54, 1.807) is 0 Å². The molecule has 1 saturated heterocycles. The summed E-state index contributed by atoms with van der Waals surface area (Å²) >= 11 is 0. The molecule has 1 aliphatic rings. The molecule has 6 nitrogen and oxygen atoms in total. The zero-order valence-electron chi connectivity index (χ0n) is 13.0. The highest BCUT2D eigenvalue weighted by Gasteiger charge is 2.35. The Bertz CT molecular complexity index is 505. The predicted octanol–water partition coefficient (Wildman–Crippen LogP) is 0.739. The molecule has 1 aromatic carbocycles. The fraction of sp³-hybridized carbons (Fsp3) is 0.500. The van der Waals surface area contributed by atoms with Gasteiger partial charge in [-0.3, -0.25) is 9.59 Å². The molecule has 0 saturated carbocycles. The first-order valence-electron chi connectivity index (χ1n) is 7.56. The minimum atomic E-state index is -0.862. The largest absolute Gasteiger partial charge is 0.381 e. The van der Waals surface area contributed by atoms with Crippen LogP contribution in [-0.2, 0) is 20.9 Å². The molecule has 0 atom stereocenters. The lowest BCUT2D eigenvalue weighted by Crippen LogP contribution is -2.57. The molecule has 1 aliphatic heterocycles. The van der Waals surface area contributed by atoms with Gasteiger partial charge in [0.2, 0.25) is 11.8 Å². The lowest BCUT2D eigenvalue weighted by molar-refractivity contribution is -0.129. The molecular weight excluding hydrogens is 318 g/mol. The van der Waals surface area contributed by atoms with E-state index in [9.17, 15) is 9.59 Å². The third-order valence-electron chi connectivity index (χ3n) is 3.81. The van der Waals surface area contributed by atoms with Crippen LogP contribution < -0.4 is 16.4 Å². The molecule has 4 N–H and O–H groups in total. The van der Waals surface area contributed by atoms with E-state index in [0.717, 1.165) is 5.56 Å². The van der Waals surface area contributed by atoms with Crippen LogP contribution >= 0.6 is 12.4 Å². The number of ether oxygens (including phenoxy) is 1. The Morgan fingerprint density at radius 3 is 2.43 bits per heavy atom. The second-order valence-electron chi connectivity index (χ2n) is 5.54. The van der Waals surface area contributed by atoms with Crippen molar-refractivity contribution in [3.05, 3.63) is 35.9 Å². The first kappa shape index (κ1) is 19.4. The van der Waals surface area contributed by atoms with Crippen molar-refractivity contribution in [3.8, 4) is 0 Å². The van der Waals surface area contributed by atoms with Crippen LogP contribution in [0, 0.1) is 0 Å². The van der Waals surface area contributed by atoms with Crippen LogP contribution in [0.2, 0.25) is 0 Å². The molecule has 0 bridgehead atoms. The summed E-state index contributed by atoms with van der Waals surface area (Å²) in [7, 11) is 0. The summed E-state index contributed by atoms with van der Waals surface area (Å²) in [5.41, 5.74) is 6.24. The van der Waals surface area contributed by atoms with Crippen LogP contribution in [0.25, 0.3) is 0 Å². The zero-order valence-corrected chi connectivity index (χ0v) is 13.9. The van der Waals surface area contributed by atoms with Crippen LogP contribution in [0.5, 0.6) is 0 Å². The van der Waals surface area contributed by atoms with E-state index in [4.69, 9.17) is 10.5 Å². The molecule has 0 aliphatic carbocycles. The third-order valence-corrected chi connectivity index (χ3v) is 3.81. The normalized spacial score (nSPS) is 16.0. The summed E-state index contributed by atoms with van der Waals surface area (Å²) in [5, 5.41) is 5.56. The van der Waals surface area contributed by atoms with E-state index in [0.29, 0.717) is 39.1 Å². The van der Waals surface area contributed by atoms with Gasteiger partial charge in [0.1, 0.15) is 0 Å². The van der Waals surface area contributed by atoms with Gasteiger partial charge in [0.25, 0.3) is 0 Å². The smallest absolute Gasteiger partial charge is 0.240 e. The predicted molar refractivity (Wildman–Crippen MR) is 90.1 cm³/mol. The molecule has 0 radical (unpaired) electrons. The monoisotopic (exact) mass is 341 g/mol. The van der Waals surface area contributed by atoms with Crippen molar-refractivity contribution in [3.63, 3.8) is 0 Å². The maximum Gasteiger partial charge on any atom is 0.240 e. The van der Waals surface area contributed by atoms with Gasteiger partial charge in [-0.1, -0.05) is 30.3 Å². The summed E-state index contributed by atoms with van der Waals surface area (Å²) in [6.45, 7) is 1.79. The number of amides is 2. The number of nitrogens with two attached hydrogens (primary N) is 1. The van der Waals surface area contributed by atoms with Crippen LogP contribution in [0.4, 0.5) is 0 Å². The van der Waals surface area contributed by atoms with E-state index in [2.05, 4.69) is 10.6 Å². The molecule has 0 aromatic heterocycles. The first-order chi connectivity index (χ1) is 10.6. The van der Waals surface area contributed by atoms with Gasteiger partial charge >= 0.3 is 0 Å². The second kappa shape index (κ2) is 9.50. The Labute approximate surface area is 142 Å². The number of carbonyl (C=O) groups excluding carboxylic acids is 2. The van der Waals surface area contributed by atoms with Crippen molar-refractivity contribution in [1.29, 1.82) is 0 Å². The molecule has 1 heterocycles. The van der Waals surface area contributed by atoms with Crippen LogP contribution in [0.1, 0.15) is 24.8 Å². The summed E-state index contributed by atoms with van der Waals surface area (Å²) in [6.07, 6.45) is 1.27. The van der Waals surface area contributed by atoms with Gasteiger partial charge in [-0.2, -0.15) is 0 Å². The van der Waals surface area contributed by atoms with Crippen LogP contribution in [-0.4, -0.2) is 37.1 Å². The SMILES string of the molecule is Cl.NC1(C(=O)NCCC(=O)NCc2ccccc2)CCOCC1. The lowest BCUT2D eigenvalue weighted by atomic mass is 9.90. The van der Waals surface area contributed by atoms with Gasteiger partial charge in [-0.25, -0.2) is 0 Å². The van der Waals surface area contributed by atoms with E-state index in [1.807, 2.05) is 30.3 Å². The Hall–Kier alpha value is -1.63. The summed E-state index contributed by atoms with van der Waals surface area (Å²) in [6, 6.07) is 9.68. The van der Waals surface area contributed by atoms with Crippen molar-refractivity contribution in [1.82, 2.24) is 10.6 Å². The summed E-state index contributed by atoms with van der Waals surface area (Å²) < 4.78 is 5.21. The fourth-order valence-corrected chi connectivity index (χ4v) is 2.31. The van der Waals surface area contributed by atoms with Crippen molar-refractivity contribution in [2.75, 3.05) is 19.8 Å². The van der Waals surface area contributed by atoms with Crippen molar-refractivity contribution in [2.24, 2.45) is 5.73 Å².